The van der Waals surface area contributed by atoms with E-state index in [1.807, 2.05) is 26.8 Å². The first-order valence-electron chi connectivity index (χ1n) is 10.1. The number of rotatable bonds is 6. The number of alkyl carbamates (subject to hydrolysis) is 1. The molecule has 2 aromatic heterocycles. The molecule has 1 fully saturated rings. The lowest BCUT2D eigenvalue weighted by Crippen LogP contribution is -2.33. The molecule has 0 spiro atoms. The maximum Gasteiger partial charge on any atom is 0.407 e. The van der Waals surface area contributed by atoms with Gasteiger partial charge in [0, 0.05) is 29.8 Å². The number of aryl methyl sites for hydroxylation is 1. The summed E-state index contributed by atoms with van der Waals surface area (Å²) in [6.07, 6.45) is 4.21. The van der Waals surface area contributed by atoms with Crippen molar-refractivity contribution in [3.05, 3.63) is 29.3 Å². The quantitative estimate of drug-likeness (QED) is 0.635. The normalized spacial score (nSPS) is 19.6. The Hall–Kier alpha value is -2.84. The van der Waals surface area contributed by atoms with E-state index in [-0.39, 0.29) is 30.6 Å². The average Bonchev–Trinajstić information content (AvgIpc) is 3.18. The van der Waals surface area contributed by atoms with Gasteiger partial charge in [0.15, 0.2) is 5.82 Å². The van der Waals surface area contributed by atoms with Crippen LogP contribution in [0, 0.1) is 6.92 Å². The molecule has 0 saturated heterocycles. The molecule has 0 aromatic carbocycles. The molecule has 2 atom stereocenters. The highest BCUT2D eigenvalue weighted by Gasteiger charge is 2.24. The van der Waals surface area contributed by atoms with Gasteiger partial charge >= 0.3 is 6.09 Å². The topological polar surface area (TPSA) is 122 Å². The van der Waals surface area contributed by atoms with Gasteiger partial charge in [-0.25, -0.2) is 4.79 Å². The van der Waals surface area contributed by atoms with E-state index >= 15 is 0 Å². The largest absolute Gasteiger partial charge is 0.446 e. The van der Waals surface area contributed by atoms with Crippen LogP contribution in [-0.4, -0.2) is 39.5 Å². The van der Waals surface area contributed by atoms with Gasteiger partial charge in [-0.3, -0.25) is 9.89 Å². The molecule has 2 aromatic rings. The van der Waals surface area contributed by atoms with Gasteiger partial charge in [0.2, 0.25) is 5.91 Å². The Bertz CT molecular complexity index is 828. The van der Waals surface area contributed by atoms with Gasteiger partial charge in [0.05, 0.1) is 12.1 Å². The number of hydrogen-bond donors (Lipinski definition) is 3. The van der Waals surface area contributed by atoms with E-state index in [1.54, 1.807) is 6.07 Å². The summed E-state index contributed by atoms with van der Waals surface area (Å²) in [6.45, 7) is 5.63. The van der Waals surface area contributed by atoms with Gasteiger partial charge in [-0.2, -0.15) is 5.10 Å². The van der Waals surface area contributed by atoms with E-state index in [4.69, 9.17) is 9.26 Å². The van der Waals surface area contributed by atoms with E-state index in [9.17, 15) is 9.59 Å². The first-order chi connectivity index (χ1) is 13.9. The number of nitrogens with one attached hydrogen (secondary N) is 3. The van der Waals surface area contributed by atoms with Crippen molar-refractivity contribution in [2.45, 2.75) is 77.4 Å². The zero-order valence-electron chi connectivity index (χ0n) is 17.2. The third-order valence-electron chi connectivity index (χ3n) is 4.91. The number of carbonyl (C=O) groups is 2. The number of ether oxygens (including phenoxy) is 1. The molecule has 2 heterocycles. The fourth-order valence-electron chi connectivity index (χ4n) is 3.57. The smallest absolute Gasteiger partial charge is 0.407 e. The Labute approximate surface area is 169 Å². The summed E-state index contributed by atoms with van der Waals surface area (Å²) in [5, 5.41) is 16.6. The third-order valence-corrected chi connectivity index (χ3v) is 4.91. The first-order valence-corrected chi connectivity index (χ1v) is 10.1. The van der Waals surface area contributed by atoms with Crippen molar-refractivity contribution >= 4 is 17.8 Å². The van der Waals surface area contributed by atoms with Crippen molar-refractivity contribution < 1.29 is 18.8 Å². The molecule has 0 aliphatic heterocycles. The van der Waals surface area contributed by atoms with Crippen molar-refractivity contribution in [2.24, 2.45) is 0 Å². The van der Waals surface area contributed by atoms with Crippen LogP contribution in [0.3, 0.4) is 0 Å². The summed E-state index contributed by atoms with van der Waals surface area (Å²) < 4.78 is 10.6. The fraction of sp³-hybridized carbons (Fsp3) is 0.600. The van der Waals surface area contributed by atoms with Crippen LogP contribution >= 0.6 is 0 Å². The summed E-state index contributed by atoms with van der Waals surface area (Å²) in [5.74, 6) is 1.11. The molecule has 1 aliphatic carbocycles. The molecule has 9 nitrogen and oxygen atoms in total. The molecule has 1 aliphatic rings. The van der Waals surface area contributed by atoms with Crippen LogP contribution in [0.5, 0.6) is 0 Å². The zero-order valence-corrected chi connectivity index (χ0v) is 17.2. The van der Waals surface area contributed by atoms with E-state index in [0.717, 1.165) is 43.5 Å². The molecular formula is C20H29N5O4. The molecule has 9 heteroatoms. The predicted octanol–water partition coefficient (Wildman–Crippen LogP) is 3.44. The zero-order chi connectivity index (χ0) is 20.8. The van der Waals surface area contributed by atoms with Crippen LogP contribution < -0.4 is 10.6 Å². The first kappa shape index (κ1) is 20.9. The lowest BCUT2D eigenvalue weighted by molar-refractivity contribution is -0.115. The number of hydrogen-bond acceptors (Lipinski definition) is 6. The van der Waals surface area contributed by atoms with Gasteiger partial charge in [0.1, 0.15) is 11.9 Å². The average molecular weight is 403 g/mol. The number of aromatic nitrogens is 3. The van der Waals surface area contributed by atoms with Gasteiger partial charge < -0.3 is 19.9 Å². The second kappa shape index (κ2) is 9.58. The molecule has 3 rings (SSSR count). The van der Waals surface area contributed by atoms with Crippen LogP contribution in [-0.2, 0) is 16.0 Å². The van der Waals surface area contributed by atoms with E-state index in [1.165, 1.54) is 0 Å². The van der Waals surface area contributed by atoms with Crippen LogP contribution in [0.25, 0.3) is 0 Å². The lowest BCUT2D eigenvalue weighted by Gasteiger charge is -2.17. The molecule has 1 saturated carbocycles. The maximum atomic E-state index is 12.1. The Morgan fingerprint density at radius 1 is 1.28 bits per heavy atom. The SMILES string of the molecule is Cc1cc(CC(=O)Nc2cc([C@@H]3CCC[C@H](OC(=O)NC(C)C)CC3)[nH]n2)on1. The fourth-order valence-corrected chi connectivity index (χ4v) is 3.57. The van der Waals surface area contributed by atoms with Crippen LogP contribution in [0.4, 0.5) is 10.6 Å². The molecule has 3 N–H and O–H groups in total. The van der Waals surface area contributed by atoms with Gasteiger partial charge in [-0.15, -0.1) is 0 Å². The standard InChI is InChI=1S/C20H29N5O4/c1-12(2)21-20(27)28-15-6-4-5-14(7-8-15)17-11-18(24-23-17)22-19(26)10-16-9-13(3)25-29-16/h9,11-12,14-15H,4-8,10H2,1-3H3,(H,21,27)(H2,22,23,24,26)/t14-,15+/m1/s1. The summed E-state index contributed by atoms with van der Waals surface area (Å²) in [7, 11) is 0. The molecular weight excluding hydrogens is 374 g/mol. The highest BCUT2D eigenvalue weighted by atomic mass is 16.6. The summed E-state index contributed by atoms with van der Waals surface area (Å²) in [4.78, 5) is 24.0. The van der Waals surface area contributed by atoms with Gasteiger partial charge in [0.25, 0.3) is 0 Å². The summed E-state index contributed by atoms with van der Waals surface area (Å²) in [5.41, 5.74) is 1.73. The lowest BCUT2D eigenvalue weighted by atomic mass is 9.97. The van der Waals surface area contributed by atoms with E-state index in [2.05, 4.69) is 26.0 Å². The third kappa shape index (κ3) is 6.33. The number of anilines is 1. The minimum atomic E-state index is -0.350. The number of aromatic amines is 1. The molecule has 0 radical (unpaired) electrons. The monoisotopic (exact) mass is 403 g/mol. The van der Waals surface area contributed by atoms with Crippen molar-refractivity contribution in [3.63, 3.8) is 0 Å². The van der Waals surface area contributed by atoms with Crippen molar-refractivity contribution in [1.82, 2.24) is 20.7 Å². The van der Waals surface area contributed by atoms with Crippen molar-refractivity contribution in [2.75, 3.05) is 5.32 Å². The Balaban J connectivity index is 1.49. The minimum absolute atomic E-state index is 0.0627. The van der Waals surface area contributed by atoms with Crippen LogP contribution in [0.2, 0.25) is 0 Å². The second-order valence-electron chi connectivity index (χ2n) is 7.90. The highest BCUT2D eigenvalue weighted by molar-refractivity contribution is 5.91. The number of nitrogens with zero attached hydrogens (tertiary/aromatic N) is 2. The van der Waals surface area contributed by atoms with Gasteiger partial charge in [-0.05, 0) is 52.9 Å². The summed E-state index contributed by atoms with van der Waals surface area (Å²) in [6, 6.07) is 3.68. The number of amides is 2. The molecule has 158 valence electrons. The highest BCUT2D eigenvalue weighted by Crippen LogP contribution is 2.32. The summed E-state index contributed by atoms with van der Waals surface area (Å²) >= 11 is 0. The number of H-pyrrole nitrogens is 1. The van der Waals surface area contributed by atoms with Crippen LogP contribution in [0.1, 0.15) is 69.0 Å². The van der Waals surface area contributed by atoms with Crippen molar-refractivity contribution in [1.29, 1.82) is 0 Å². The minimum Gasteiger partial charge on any atom is -0.446 e. The molecule has 0 bridgehead atoms. The second-order valence-corrected chi connectivity index (χ2v) is 7.90. The van der Waals surface area contributed by atoms with Crippen LogP contribution in [0.15, 0.2) is 16.7 Å². The predicted molar refractivity (Wildman–Crippen MR) is 107 cm³/mol. The number of carbonyl (C=O) groups excluding carboxylic acids is 2. The Kier molecular flexibility index (Phi) is 6.90. The van der Waals surface area contributed by atoms with E-state index in [0.29, 0.717) is 17.5 Å². The van der Waals surface area contributed by atoms with E-state index < -0.39 is 0 Å². The Morgan fingerprint density at radius 3 is 2.83 bits per heavy atom. The van der Waals surface area contributed by atoms with Gasteiger partial charge in [-0.1, -0.05) is 5.16 Å². The maximum absolute atomic E-state index is 12.1. The van der Waals surface area contributed by atoms with Crippen molar-refractivity contribution in [3.8, 4) is 0 Å². The molecule has 2 amide bonds. The molecule has 0 unspecified atom stereocenters. The Morgan fingerprint density at radius 2 is 2.10 bits per heavy atom. The molecule has 29 heavy (non-hydrogen) atoms.